The maximum Gasteiger partial charge on any atom is 0.272 e. The van der Waals surface area contributed by atoms with Gasteiger partial charge in [-0.15, -0.1) is 0 Å². The van der Waals surface area contributed by atoms with E-state index in [-0.39, 0.29) is 17.8 Å². The van der Waals surface area contributed by atoms with E-state index in [1.54, 1.807) is 30.0 Å². The Morgan fingerprint density at radius 1 is 1.28 bits per heavy atom. The van der Waals surface area contributed by atoms with Gasteiger partial charge in [-0.05, 0) is 50.5 Å². The Bertz CT molecular complexity index is 723. The molecule has 1 aliphatic heterocycles. The van der Waals surface area contributed by atoms with Gasteiger partial charge >= 0.3 is 0 Å². The lowest BCUT2D eigenvalue weighted by Crippen LogP contribution is -2.37. The summed E-state index contributed by atoms with van der Waals surface area (Å²) >= 11 is 0. The number of carbonyl (C=O) groups is 1. The molecule has 1 aromatic carbocycles. The van der Waals surface area contributed by atoms with E-state index in [9.17, 15) is 9.18 Å². The van der Waals surface area contributed by atoms with Gasteiger partial charge in [0.25, 0.3) is 5.91 Å². The number of rotatable bonds is 5. The van der Waals surface area contributed by atoms with Gasteiger partial charge in [-0.1, -0.05) is 12.1 Å². The third-order valence-electron chi connectivity index (χ3n) is 4.21. The van der Waals surface area contributed by atoms with Crippen molar-refractivity contribution in [2.45, 2.75) is 39.3 Å². The average Bonchev–Trinajstić information content (AvgIpc) is 3.08. The summed E-state index contributed by atoms with van der Waals surface area (Å²) in [7, 11) is 0. The second kappa shape index (κ2) is 7.70. The first kappa shape index (κ1) is 17.5. The van der Waals surface area contributed by atoms with Crippen LogP contribution in [-0.4, -0.2) is 40.0 Å². The normalized spacial score (nSPS) is 16.8. The summed E-state index contributed by atoms with van der Waals surface area (Å²) in [6, 6.07) is 7.90. The summed E-state index contributed by atoms with van der Waals surface area (Å²) in [5.41, 5.74) is 2.01. The monoisotopic (exact) mass is 343 g/mol. The van der Waals surface area contributed by atoms with Crippen molar-refractivity contribution in [3.8, 4) is 0 Å². The van der Waals surface area contributed by atoms with Crippen LogP contribution in [0.2, 0.25) is 0 Å². The highest BCUT2D eigenvalue weighted by Crippen LogP contribution is 2.17. The van der Waals surface area contributed by atoms with Crippen LogP contribution in [0.4, 0.5) is 4.39 Å². The molecule has 0 spiro atoms. The minimum absolute atomic E-state index is 0.0356. The number of nitrogens with zero attached hydrogens (tertiary/aromatic N) is 3. The minimum Gasteiger partial charge on any atom is -0.376 e. The maximum absolute atomic E-state index is 13.1. The zero-order valence-corrected chi connectivity index (χ0v) is 14.5. The van der Waals surface area contributed by atoms with Crippen LogP contribution >= 0.6 is 0 Å². The van der Waals surface area contributed by atoms with E-state index >= 15 is 0 Å². The molecule has 1 atom stereocenters. The fourth-order valence-corrected chi connectivity index (χ4v) is 3.05. The van der Waals surface area contributed by atoms with Gasteiger partial charge in [0, 0.05) is 25.4 Å². The number of benzene rings is 1. The van der Waals surface area contributed by atoms with Crippen LogP contribution in [0.25, 0.3) is 0 Å². The van der Waals surface area contributed by atoms with Gasteiger partial charge in [0.2, 0.25) is 0 Å². The standard InChI is InChI=1S/C19H22FN3O2/c1-13-10-18(22-14(2)21-13)19(24)23(12-17-4-3-9-25-17)11-15-5-7-16(20)8-6-15/h5-8,10,17H,3-4,9,11-12H2,1-2H3. The van der Waals surface area contributed by atoms with Crippen LogP contribution in [0.3, 0.4) is 0 Å². The first-order valence-corrected chi connectivity index (χ1v) is 8.49. The van der Waals surface area contributed by atoms with Crippen LogP contribution in [0.5, 0.6) is 0 Å². The fourth-order valence-electron chi connectivity index (χ4n) is 3.05. The molecule has 2 aromatic rings. The first-order valence-electron chi connectivity index (χ1n) is 8.49. The molecular formula is C19H22FN3O2. The molecule has 1 amide bonds. The molecule has 6 heteroatoms. The Balaban J connectivity index is 1.83. The summed E-state index contributed by atoms with van der Waals surface area (Å²) in [6.07, 6.45) is 1.98. The van der Waals surface area contributed by atoms with Gasteiger partial charge in [-0.25, -0.2) is 14.4 Å². The average molecular weight is 343 g/mol. The molecule has 1 aliphatic rings. The lowest BCUT2D eigenvalue weighted by Gasteiger charge is -2.25. The Hall–Kier alpha value is -2.34. The summed E-state index contributed by atoms with van der Waals surface area (Å²) in [5.74, 6) is 0.124. The predicted molar refractivity (Wildman–Crippen MR) is 91.6 cm³/mol. The quantitative estimate of drug-likeness (QED) is 0.837. The topological polar surface area (TPSA) is 55.3 Å². The molecule has 1 unspecified atom stereocenters. The van der Waals surface area contributed by atoms with Crippen LogP contribution in [0.15, 0.2) is 30.3 Å². The van der Waals surface area contributed by atoms with Crippen LogP contribution in [0, 0.1) is 19.7 Å². The van der Waals surface area contributed by atoms with Crippen molar-refractivity contribution in [1.29, 1.82) is 0 Å². The van der Waals surface area contributed by atoms with Crippen LogP contribution in [0.1, 0.15) is 40.4 Å². The van der Waals surface area contributed by atoms with Gasteiger partial charge in [0.05, 0.1) is 6.10 Å². The molecule has 25 heavy (non-hydrogen) atoms. The van der Waals surface area contributed by atoms with Crippen molar-refractivity contribution in [2.24, 2.45) is 0 Å². The summed E-state index contributed by atoms with van der Waals surface area (Å²) < 4.78 is 18.8. The number of halogens is 1. The smallest absolute Gasteiger partial charge is 0.272 e. The molecule has 1 fully saturated rings. The van der Waals surface area contributed by atoms with E-state index < -0.39 is 0 Å². The van der Waals surface area contributed by atoms with E-state index in [0.29, 0.717) is 24.6 Å². The minimum atomic E-state index is -0.289. The number of aromatic nitrogens is 2. The van der Waals surface area contributed by atoms with E-state index in [4.69, 9.17) is 4.74 Å². The number of amides is 1. The number of hydrogen-bond acceptors (Lipinski definition) is 4. The Kier molecular flexibility index (Phi) is 5.38. The zero-order chi connectivity index (χ0) is 17.8. The molecule has 5 nitrogen and oxygen atoms in total. The Labute approximate surface area is 146 Å². The van der Waals surface area contributed by atoms with E-state index in [1.165, 1.54) is 12.1 Å². The second-order valence-electron chi connectivity index (χ2n) is 6.39. The predicted octanol–water partition coefficient (Wildman–Crippen LogP) is 3.05. The summed E-state index contributed by atoms with van der Waals surface area (Å²) in [6.45, 7) is 5.23. The third-order valence-corrected chi connectivity index (χ3v) is 4.21. The van der Waals surface area contributed by atoms with Gasteiger partial charge in [0.1, 0.15) is 17.3 Å². The van der Waals surface area contributed by atoms with Crippen molar-refractivity contribution in [3.05, 3.63) is 58.9 Å². The molecule has 0 aliphatic carbocycles. The summed E-state index contributed by atoms with van der Waals surface area (Å²) in [4.78, 5) is 23.2. The second-order valence-corrected chi connectivity index (χ2v) is 6.39. The maximum atomic E-state index is 13.1. The lowest BCUT2D eigenvalue weighted by molar-refractivity contribution is 0.0502. The molecule has 1 aromatic heterocycles. The molecule has 0 saturated carbocycles. The third kappa shape index (κ3) is 4.60. The van der Waals surface area contributed by atoms with Gasteiger partial charge < -0.3 is 9.64 Å². The molecule has 1 saturated heterocycles. The molecule has 2 heterocycles. The SMILES string of the molecule is Cc1cc(C(=O)N(Cc2ccc(F)cc2)CC2CCCO2)nc(C)n1. The number of ether oxygens (including phenoxy) is 1. The zero-order valence-electron chi connectivity index (χ0n) is 14.5. The van der Waals surface area contributed by atoms with Gasteiger partial charge in [0.15, 0.2) is 0 Å². The first-order chi connectivity index (χ1) is 12.0. The van der Waals surface area contributed by atoms with Crippen molar-refractivity contribution < 1.29 is 13.9 Å². The van der Waals surface area contributed by atoms with E-state index in [0.717, 1.165) is 30.7 Å². The van der Waals surface area contributed by atoms with Crippen molar-refractivity contribution in [2.75, 3.05) is 13.2 Å². The molecule has 3 rings (SSSR count). The van der Waals surface area contributed by atoms with Gasteiger partial charge in [-0.3, -0.25) is 4.79 Å². The van der Waals surface area contributed by atoms with Crippen LogP contribution in [-0.2, 0) is 11.3 Å². The lowest BCUT2D eigenvalue weighted by atomic mass is 10.1. The van der Waals surface area contributed by atoms with Crippen molar-refractivity contribution >= 4 is 5.91 Å². The van der Waals surface area contributed by atoms with E-state index in [1.807, 2.05) is 6.92 Å². The largest absolute Gasteiger partial charge is 0.376 e. The van der Waals surface area contributed by atoms with Gasteiger partial charge in [-0.2, -0.15) is 0 Å². The molecule has 132 valence electrons. The number of carbonyl (C=O) groups excluding carboxylic acids is 1. The van der Waals surface area contributed by atoms with E-state index in [2.05, 4.69) is 9.97 Å². The Morgan fingerprint density at radius 2 is 2.04 bits per heavy atom. The fraction of sp³-hybridized carbons (Fsp3) is 0.421. The van der Waals surface area contributed by atoms with Crippen LogP contribution < -0.4 is 0 Å². The molecule has 0 radical (unpaired) electrons. The Morgan fingerprint density at radius 3 is 2.68 bits per heavy atom. The number of hydrogen-bond donors (Lipinski definition) is 0. The number of aryl methyl sites for hydroxylation is 2. The molecular weight excluding hydrogens is 321 g/mol. The van der Waals surface area contributed by atoms with Crippen molar-refractivity contribution in [3.63, 3.8) is 0 Å². The van der Waals surface area contributed by atoms with Crippen molar-refractivity contribution in [1.82, 2.24) is 14.9 Å². The molecule has 0 bridgehead atoms. The highest BCUT2D eigenvalue weighted by Gasteiger charge is 2.24. The molecule has 0 N–H and O–H groups in total. The highest BCUT2D eigenvalue weighted by molar-refractivity contribution is 5.92. The highest BCUT2D eigenvalue weighted by atomic mass is 19.1. The summed E-state index contributed by atoms with van der Waals surface area (Å²) in [5, 5.41) is 0.